The molecule has 3 aromatic carbocycles. The van der Waals surface area contributed by atoms with Crippen LogP contribution in [-0.2, 0) is 27.7 Å². The van der Waals surface area contributed by atoms with Crippen LogP contribution in [0.4, 0.5) is 5.69 Å². The molecule has 0 heterocycles. The molecule has 0 radical (unpaired) electrons. The topological polar surface area (TPSA) is 84.9 Å². The number of para-hydroxylation sites is 1. The second kappa shape index (κ2) is 11.9. The van der Waals surface area contributed by atoms with E-state index in [-0.39, 0.29) is 18.0 Å². The van der Waals surface area contributed by atoms with Crippen molar-refractivity contribution in [1.29, 1.82) is 0 Å². The fourth-order valence-corrected chi connectivity index (χ4v) is 5.26. The van der Waals surface area contributed by atoms with E-state index in [1.165, 1.54) is 30.7 Å². The summed E-state index contributed by atoms with van der Waals surface area (Å²) in [4.78, 5) is 13.1. The van der Waals surface area contributed by atoms with E-state index in [0.29, 0.717) is 17.9 Å². The van der Waals surface area contributed by atoms with Gasteiger partial charge >= 0.3 is 0 Å². The van der Waals surface area contributed by atoms with Crippen LogP contribution in [0.25, 0.3) is 0 Å². The lowest BCUT2D eigenvalue weighted by atomic mass is 10.1. The minimum absolute atomic E-state index is 0.0288. The first kappa shape index (κ1) is 26.2. The van der Waals surface area contributed by atoms with Crippen LogP contribution in [-0.4, -0.2) is 45.9 Å². The molecular weight excluding hydrogens is 464 g/mol. The summed E-state index contributed by atoms with van der Waals surface area (Å²) < 4.78 is 39.0. The SMILES string of the molecule is CCc1cccc(C)c1NC(=O)CN(CCc1ccccc1)S(=O)(=O)c1ccc(OC)c(OC)c1. The summed E-state index contributed by atoms with van der Waals surface area (Å²) in [6, 6.07) is 19.8. The van der Waals surface area contributed by atoms with E-state index >= 15 is 0 Å². The maximum Gasteiger partial charge on any atom is 0.243 e. The molecule has 8 heteroatoms. The van der Waals surface area contributed by atoms with Gasteiger partial charge in [-0.05, 0) is 48.6 Å². The molecule has 0 saturated carbocycles. The Morgan fingerprint density at radius 3 is 2.31 bits per heavy atom. The van der Waals surface area contributed by atoms with Gasteiger partial charge in [0.1, 0.15) is 0 Å². The van der Waals surface area contributed by atoms with Crippen LogP contribution in [0.3, 0.4) is 0 Å². The molecular formula is C27H32N2O5S. The molecule has 7 nitrogen and oxygen atoms in total. The number of carbonyl (C=O) groups excluding carboxylic acids is 1. The number of anilines is 1. The van der Waals surface area contributed by atoms with E-state index in [1.807, 2.05) is 62.4 Å². The molecule has 0 atom stereocenters. The Morgan fingerprint density at radius 2 is 1.66 bits per heavy atom. The van der Waals surface area contributed by atoms with E-state index in [1.54, 1.807) is 6.07 Å². The van der Waals surface area contributed by atoms with Gasteiger partial charge in [0.2, 0.25) is 15.9 Å². The minimum atomic E-state index is -4.01. The number of aryl methyl sites for hydroxylation is 2. The first-order valence-electron chi connectivity index (χ1n) is 11.4. The molecule has 1 N–H and O–H groups in total. The quantitative estimate of drug-likeness (QED) is 0.424. The zero-order valence-corrected chi connectivity index (χ0v) is 21.4. The molecule has 0 unspecified atom stereocenters. The number of methoxy groups -OCH3 is 2. The monoisotopic (exact) mass is 496 g/mol. The maximum atomic E-state index is 13.6. The Balaban J connectivity index is 1.91. The van der Waals surface area contributed by atoms with Crippen molar-refractivity contribution < 1.29 is 22.7 Å². The van der Waals surface area contributed by atoms with Gasteiger partial charge in [0.15, 0.2) is 11.5 Å². The molecule has 0 spiro atoms. The number of hydrogen-bond donors (Lipinski definition) is 1. The molecule has 186 valence electrons. The molecule has 3 aromatic rings. The summed E-state index contributed by atoms with van der Waals surface area (Å²) in [7, 11) is -1.07. The summed E-state index contributed by atoms with van der Waals surface area (Å²) in [5.41, 5.74) is 3.63. The van der Waals surface area contributed by atoms with Gasteiger partial charge in [-0.2, -0.15) is 4.31 Å². The maximum absolute atomic E-state index is 13.6. The van der Waals surface area contributed by atoms with E-state index in [9.17, 15) is 13.2 Å². The summed E-state index contributed by atoms with van der Waals surface area (Å²) in [5.74, 6) is 0.325. The first-order valence-corrected chi connectivity index (χ1v) is 12.9. The lowest BCUT2D eigenvalue weighted by Gasteiger charge is -2.23. The Morgan fingerprint density at radius 1 is 0.943 bits per heavy atom. The highest BCUT2D eigenvalue weighted by Crippen LogP contribution is 2.31. The van der Waals surface area contributed by atoms with Gasteiger partial charge in [0.05, 0.1) is 25.7 Å². The summed E-state index contributed by atoms with van der Waals surface area (Å²) in [5, 5.41) is 2.93. The molecule has 0 aliphatic heterocycles. The molecule has 0 bridgehead atoms. The molecule has 0 aliphatic rings. The predicted octanol–water partition coefficient (Wildman–Crippen LogP) is 4.45. The van der Waals surface area contributed by atoms with Crippen molar-refractivity contribution in [2.75, 3.05) is 32.6 Å². The second-order valence-corrected chi connectivity index (χ2v) is 10.0. The normalized spacial score (nSPS) is 11.3. The van der Waals surface area contributed by atoms with Gasteiger partial charge in [0.25, 0.3) is 0 Å². The Bertz CT molecular complexity index is 1260. The van der Waals surface area contributed by atoms with Crippen molar-refractivity contribution in [1.82, 2.24) is 4.31 Å². The number of ether oxygens (including phenoxy) is 2. The highest BCUT2D eigenvalue weighted by molar-refractivity contribution is 7.89. The van der Waals surface area contributed by atoms with E-state index < -0.39 is 15.9 Å². The van der Waals surface area contributed by atoms with Crippen LogP contribution in [0.5, 0.6) is 11.5 Å². The number of carbonyl (C=O) groups is 1. The zero-order valence-electron chi connectivity index (χ0n) is 20.6. The number of amides is 1. The minimum Gasteiger partial charge on any atom is -0.493 e. The van der Waals surface area contributed by atoms with Gasteiger partial charge in [0, 0.05) is 18.3 Å². The van der Waals surface area contributed by atoms with Gasteiger partial charge < -0.3 is 14.8 Å². The summed E-state index contributed by atoms with van der Waals surface area (Å²) in [6.07, 6.45) is 1.21. The lowest BCUT2D eigenvalue weighted by Crippen LogP contribution is -2.39. The molecule has 0 fully saturated rings. The summed E-state index contributed by atoms with van der Waals surface area (Å²) >= 11 is 0. The van der Waals surface area contributed by atoms with Gasteiger partial charge in [-0.15, -0.1) is 0 Å². The van der Waals surface area contributed by atoms with Crippen LogP contribution in [0.1, 0.15) is 23.6 Å². The number of nitrogens with zero attached hydrogens (tertiary/aromatic N) is 1. The fraction of sp³-hybridized carbons (Fsp3) is 0.296. The van der Waals surface area contributed by atoms with Crippen LogP contribution >= 0.6 is 0 Å². The molecule has 0 aromatic heterocycles. The van der Waals surface area contributed by atoms with Gasteiger partial charge in [-0.1, -0.05) is 55.5 Å². The smallest absolute Gasteiger partial charge is 0.243 e. The zero-order chi connectivity index (χ0) is 25.4. The third-order valence-electron chi connectivity index (χ3n) is 5.81. The molecule has 0 aliphatic carbocycles. The third-order valence-corrected chi connectivity index (χ3v) is 7.65. The third kappa shape index (κ3) is 6.41. The van der Waals surface area contributed by atoms with Crippen LogP contribution < -0.4 is 14.8 Å². The van der Waals surface area contributed by atoms with E-state index in [2.05, 4.69) is 5.32 Å². The number of rotatable bonds is 11. The lowest BCUT2D eigenvalue weighted by molar-refractivity contribution is -0.116. The van der Waals surface area contributed by atoms with Crippen molar-refractivity contribution in [2.45, 2.75) is 31.6 Å². The number of benzene rings is 3. The molecule has 0 saturated heterocycles. The standard InChI is InChI=1S/C27H32N2O5S/c1-5-22-13-9-10-20(2)27(22)28-26(30)19-29(17-16-21-11-7-6-8-12-21)35(31,32)23-14-15-24(33-3)25(18-23)34-4/h6-15,18H,5,16-17,19H2,1-4H3,(H,28,30). The van der Waals surface area contributed by atoms with Gasteiger partial charge in [-0.25, -0.2) is 8.42 Å². The average Bonchev–Trinajstić information content (AvgIpc) is 2.87. The second-order valence-electron chi connectivity index (χ2n) is 8.10. The van der Waals surface area contributed by atoms with Crippen LogP contribution in [0, 0.1) is 6.92 Å². The Hall–Kier alpha value is -3.36. The van der Waals surface area contributed by atoms with Crippen molar-refractivity contribution in [3.63, 3.8) is 0 Å². The van der Waals surface area contributed by atoms with E-state index in [0.717, 1.165) is 28.8 Å². The molecule has 35 heavy (non-hydrogen) atoms. The number of sulfonamides is 1. The number of nitrogens with one attached hydrogen (secondary N) is 1. The van der Waals surface area contributed by atoms with Crippen LogP contribution in [0.2, 0.25) is 0 Å². The van der Waals surface area contributed by atoms with Crippen molar-refractivity contribution in [2.24, 2.45) is 0 Å². The average molecular weight is 497 g/mol. The van der Waals surface area contributed by atoms with Gasteiger partial charge in [-0.3, -0.25) is 4.79 Å². The van der Waals surface area contributed by atoms with Crippen molar-refractivity contribution in [3.05, 3.63) is 83.4 Å². The Labute approximate surface area is 207 Å². The van der Waals surface area contributed by atoms with Crippen molar-refractivity contribution in [3.8, 4) is 11.5 Å². The van der Waals surface area contributed by atoms with Crippen LogP contribution in [0.15, 0.2) is 71.6 Å². The predicted molar refractivity (Wildman–Crippen MR) is 138 cm³/mol. The molecule has 3 rings (SSSR count). The highest BCUT2D eigenvalue weighted by Gasteiger charge is 2.28. The Kier molecular flexibility index (Phi) is 8.89. The fourth-order valence-electron chi connectivity index (χ4n) is 3.85. The first-order chi connectivity index (χ1) is 16.8. The number of hydrogen-bond acceptors (Lipinski definition) is 5. The highest BCUT2D eigenvalue weighted by atomic mass is 32.2. The largest absolute Gasteiger partial charge is 0.493 e. The van der Waals surface area contributed by atoms with E-state index in [4.69, 9.17) is 9.47 Å². The molecule has 1 amide bonds. The van der Waals surface area contributed by atoms with Crippen molar-refractivity contribution >= 4 is 21.6 Å². The summed E-state index contributed by atoms with van der Waals surface area (Å²) in [6.45, 7) is 3.75.